The molecule has 1 N–H and O–H groups in total. The van der Waals surface area contributed by atoms with Gasteiger partial charge in [-0.3, -0.25) is 4.79 Å². The number of hydrogen-bond acceptors (Lipinski definition) is 3. The Bertz CT molecular complexity index is 403. The van der Waals surface area contributed by atoms with Crippen LogP contribution in [-0.4, -0.2) is 24.0 Å². The molecule has 0 fully saturated rings. The van der Waals surface area contributed by atoms with Crippen LogP contribution in [0.3, 0.4) is 0 Å². The number of ether oxygens (including phenoxy) is 1. The number of nitrogens with one attached hydrogen (secondary N) is 1. The van der Waals surface area contributed by atoms with Crippen LogP contribution in [0.25, 0.3) is 0 Å². The summed E-state index contributed by atoms with van der Waals surface area (Å²) in [5.41, 5.74) is 0.445. The number of hydrogen-bond donors (Lipinski definition) is 1. The van der Waals surface area contributed by atoms with Crippen molar-refractivity contribution in [2.45, 2.75) is 39.3 Å². The van der Waals surface area contributed by atoms with Crippen molar-refractivity contribution in [3.63, 3.8) is 0 Å². The van der Waals surface area contributed by atoms with Crippen LogP contribution in [0.5, 0.6) is 0 Å². The van der Waals surface area contributed by atoms with E-state index in [0.717, 1.165) is 6.42 Å². The predicted octanol–water partition coefficient (Wildman–Crippen LogP) is 2.15. The maximum Gasteiger partial charge on any atom is 0.338 e. The molecule has 18 heavy (non-hydrogen) atoms. The van der Waals surface area contributed by atoms with Gasteiger partial charge in [-0.05, 0) is 32.4 Å². The quantitative estimate of drug-likeness (QED) is 0.813. The fourth-order valence-corrected chi connectivity index (χ4v) is 1.32. The summed E-state index contributed by atoms with van der Waals surface area (Å²) in [5, 5.41) is 2.77. The molecule has 0 heterocycles. The van der Waals surface area contributed by atoms with E-state index in [2.05, 4.69) is 5.32 Å². The van der Waals surface area contributed by atoms with Gasteiger partial charge in [0, 0.05) is 6.04 Å². The van der Waals surface area contributed by atoms with E-state index in [0.29, 0.717) is 5.56 Å². The van der Waals surface area contributed by atoms with Crippen LogP contribution in [0.4, 0.5) is 0 Å². The van der Waals surface area contributed by atoms with Gasteiger partial charge in [-0.1, -0.05) is 25.1 Å². The third-order valence-electron chi connectivity index (χ3n) is 2.66. The summed E-state index contributed by atoms with van der Waals surface area (Å²) in [6, 6.07) is 8.70. The maximum atomic E-state index is 11.7. The van der Waals surface area contributed by atoms with Gasteiger partial charge in [0.25, 0.3) is 5.91 Å². The highest BCUT2D eigenvalue weighted by atomic mass is 16.5. The molecule has 1 aromatic rings. The smallest absolute Gasteiger partial charge is 0.338 e. The molecule has 0 aliphatic heterocycles. The molecule has 98 valence electrons. The minimum Gasteiger partial charge on any atom is -0.449 e. The van der Waals surface area contributed by atoms with Crippen molar-refractivity contribution in [2.75, 3.05) is 0 Å². The molecule has 1 amide bonds. The summed E-state index contributed by atoms with van der Waals surface area (Å²) in [6.07, 6.45) is 0.0529. The molecule has 0 bridgehead atoms. The van der Waals surface area contributed by atoms with Crippen molar-refractivity contribution in [1.29, 1.82) is 0 Å². The summed E-state index contributed by atoms with van der Waals surface area (Å²) in [5.74, 6) is -0.754. The number of benzene rings is 1. The topological polar surface area (TPSA) is 55.4 Å². The van der Waals surface area contributed by atoms with Gasteiger partial charge in [0.1, 0.15) is 0 Å². The largest absolute Gasteiger partial charge is 0.449 e. The van der Waals surface area contributed by atoms with Crippen LogP contribution < -0.4 is 5.32 Å². The normalized spacial score (nSPS) is 13.5. The highest BCUT2D eigenvalue weighted by Gasteiger charge is 2.19. The van der Waals surface area contributed by atoms with Crippen molar-refractivity contribution < 1.29 is 14.3 Å². The second-order valence-electron chi connectivity index (χ2n) is 4.23. The van der Waals surface area contributed by atoms with E-state index in [1.807, 2.05) is 19.9 Å². The summed E-state index contributed by atoms with van der Waals surface area (Å²) in [7, 11) is 0. The Labute approximate surface area is 107 Å². The van der Waals surface area contributed by atoms with Crippen molar-refractivity contribution >= 4 is 11.9 Å². The first kappa shape index (κ1) is 14.2. The number of carbonyl (C=O) groups excluding carboxylic acids is 2. The number of carbonyl (C=O) groups is 2. The Morgan fingerprint density at radius 3 is 2.39 bits per heavy atom. The minimum atomic E-state index is -0.785. The molecule has 1 rings (SSSR count). The average Bonchev–Trinajstić information content (AvgIpc) is 2.39. The van der Waals surface area contributed by atoms with Crippen molar-refractivity contribution in [1.82, 2.24) is 5.32 Å². The molecule has 0 saturated carbocycles. The molecule has 2 unspecified atom stereocenters. The van der Waals surface area contributed by atoms with Crippen molar-refractivity contribution in [3.05, 3.63) is 35.9 Å². The van der Waals surface area contributed by atoms with E-state index >= 15 is 0 Å². The molecule has 0 radical (unpaired) electrons. The molecule has 0 aliphatic rings. The second kappa shape index (κ2) is 6.79. The zero-order valence-electron chi connectivity index (χ0n) is 11.0. The highest BCUT2D eigenvalue weighted by molar-refractivity contribution is 5.92. The number of amides is 1. The molecule has 0 aromatic heterocycles. The number of esters is 1. The summed E-state index contributed by atoms with van der Waals surface area (Å²) in [4.78, 5) is 23.4. The van der Waals surface area contributed by atoms with Gasteiger partial charge in [0.15, 0.2) is 6.10 Å². The van der Waals surface area contributed by atoms with E-state index in [1.165, 1.54) is 0 Å². The molecule has 0 spiro atoms. The Balaban J connectivity index is 2.52. The first-order valence-corrected chi connectivity index (χ1v) is 6.11. The lowest BCUT2D eigenvalue weighted by molar-refractivity contribution is -0.129. The Morgan fingerprint density at radius 2 is 1.83 bits per heavy atom. The first-order valence-electron chi connectivity index (χ1n) is 6.11. The Morgan fingerprint density at radius 1 is 1.22 bits per heavy atom. The summed E-state index contributed by atoms with van der Waals surface area (Å²) in [6.45, 7) is 5.45. The molecule has 4 nitrogen and oxygen atoms in total. The van der Waals surface area contributed by atoms with Gasteiger partial charge < -0.3 is 10.1 Å². The first-order chi connectivity index (χ1) is 8.54. The third-order valence-corrected chi connectivity index (χ3v) is 2.66. The van der Waals surface area contributed by atoms with Gasteiger partial charge in [0.05, 0.1) is 5.56 Å². The van der Waals surface area contributed by atoms with Crippen LogP contribution in [0.2, 0.25) is 0 Å². The fraction of sp³-hybridized carbons (Fsp3) is 0.429. The van der Waals surface area contributed by atoms with Gasteiger partial charge in [-0.15, -0.1) is 0 Å². The standard InChI is InChI=1S/C14H19NO3/c1-4-10(2)15-13(16)11(3)18-14(17)12-8-6-5-7-9-12/h5-11H,4H2,1-3H3,(H,15,16). The molecule has 0 saturated heterocycles. The third kappa shape index (κ3) is 4.20. The fourth-order valence-electron chi connectivity index (χ4n) is 1.32. The molecule has 4 heteroatoms. The molecular weight excluding hydrogens is 230 g/mol. The second-order valence-corrected chi connectivity index (χ2v) is 4.23. The molecule has 0 aliphatic carbocycles. The molecular formula is C14H19NO3. The van der Waals surface area contributed by atoms with Gasteiger partial charge in [0.2, 0.25) is 0 Å². The van der Waals surface area contributed by atoms with E-state index in [4.69, 9.17) is 4.74 Å². The Kier molecular flexibility index (Phi) is 5.36. The van der Waals surface area contributed by atoms with E-state index in [1.54, 1.807) is 31.2 Å². The summed E-state index contributed by atoms with van der Waals surface area (Å²) < 4.78 is 5.09. The van der Waals surface area contributed by atoms with Crippen LogP contribution in [-0.2, 0) is 9.53 Å². The SMILES string of the molecule is CCC(C)NC(=O)C(C)OC(=O)c1ccccc1. The predicted molar refractivity (Wildman–Crippen MR) is 69.2 cm³/mol. The summed E-state index contributed by atoms with van der Waals surface area (Å²) >= 11 is 0. The van der Waals surface area contributed by atoms with Crippen molar-refractivity contribution in [3.8, 4) is 0 Å². The van der Waals surface area contributed by atoms with Crippen molar-refractivity contribution in [2.24, 2.45) is 0 Å². The monoisotopic (exact) mass is 249 g/mol. The average molecular weight is 249 g/mol. The van der Waals surface area contributed by atoms with Gasteiger partial charge in [-0.2, -0.15) is 0 Å². The van der Waals surface area contributed by atoms with Crippen LogP contribution in [0, 0.1) is 0 Å². The van der Waals surface area contributed by atoms with Crippen LogP contribution >= 0.6 is 0 Å². The zero-order valence-corrected chi connectivity index (χ0v) is 11.0. The lowest BCUT2D eigenvalue weighted by Crippen LogP contribution is -2.40. The van der Waals surface area contributed by atoms with E-state index in [9.17, 15) is 9.59 Å². The highest BCUT2D eigenvalue weighted by Crippen LogP contribution is 2.04. The van der Waals surface area contributed by atoms with Gasteiger partial charge >= 0.3 is 5.97 Å². The minimum absolute atomic E-state index is 0.0791. The van der Waals surface area contributed by atoms with Gasteiger partial charge in [-0.25, -0.2) is 4.79 Å². The van der Waals surface area contributed by atoms with E-state index in [-0.39, 0.29) is 11.9 Å². The molecule has 2 atom stereocenters. The Hall–Kier alpha value is -1.84. The lowest BCUT2D eigenvalue weighted by atomic mass is 10.2. The van der Waals surface area contributed by atoms with Crippen LogP contribution in [0.15, 0.2) is 30.3 Å². The number of rotatable bonds is 5. The zero-order chi connectivity index (χ0) is 13.5. The van der Waals surface area contributed by atoms with Crippen LogP contribution in [0.1, 0.15) is 37.6 Å². The maximum absolute atomic E-state index is 11.7. The molecule has 1 aromatic carbocycles. The lowest BCUT2D eigenvalue weighted by Gasteiger charge is -2.16. The van der Waals surface area contributed by atoms with E-state index < -0.39 is 12.1 Å².